The van der Waals surface area contributed by atoms with Crippen molar-refractivity contribution in [1.82, 2.24) is 9.29 Å². The molecule has 154 valence electrons. The second kappa shape index (κ2) is 7.38. The van der Waals surface area contributed by atoms with E-state index in [9.17, 15) is 13.2 Å². The predicted molar refractivity (Wildman–Crippen MR) is 113 cm³/mol. The summed E-state index contributed by atoms with van der Waals surface area (Å²) in [6.45, 7) is 4.86. The van der Waals surface area contributed by atoms with Crippen molar-refractivity contribution in [2.45, 2.75) is 38.0 Å². The number of sulfonamides is 1. The van der Waals surface area contributed by atoms with Gasteiger partial charge in [-0.05, 0) is 62.4 Å². The molecule has 0 bridgehead atoms. The first-order chi connectivity index (χ1) is 13.8. The fourth-order valence-electron chi connectivity index (χ4n) is 4.47. The first-order valence-corrected chi connectivity index (χ1v) is 11.6. The number of hydrogen-bond acceptors (Lipinski definition) is 4. The molecule has 1 amide bonds. The standard InChI is InChI=1S/C21H24ClN3O3S/c1-15-7-10-23-13-18(15)25-12-9-21(20(25)26)8-4-11-24(14-21)29(27,28)19-6-3-5-17(22)16(19)2/h3,5-7,10,13H,4,8-9,11-12,14H2,1-2H3. The highest BCUT2D eigenvalue weighted by molar-refractivity contribution is 7.89. The lowest BCUT2D eigenvalue weighted by Gasteiger charge is -2.38. The van der Waals surface area contributed by atoms with Gasteiger partial charge in [0.1, 0.15) is 0 Å². The maximum absolute atomic E-state index is 13.4. The molecule has 4 rings (SSSR count). The first-order valence-electron chi connectivity index (χ1n) is 9.74. The fourth-order valence-corrected chi connectivity index (χ4v) is 6.51. The van der Waals surface area contributed by atoms with Crippen LogP contribution in [0.1, 0.15) is 30.4 Å². The molecule has 1 atom stereocenters. The third-order valence-electron chi connectivity index (χ3n) is 6.19. The number of benzene rings is 1. The van der Waals surface area contributed by atoms with Gasteiger partial charge in [-0.1, -0.05) is 17.7 Å². The average molecular weight is 434 g/mol. The number of amides is 1. The Hall–Kier alpha value is -1.96. The average Bonchev–Trinajstić information content (AvgIpc) is 3.00. The molecule has 2 saturated heterocycles. The van der Waals surface area contributed by atoms with Crippen LogP contribution in [0.2, 0.25) is 5.02 Å². The van der Waals surface area contributed by atoms with Gasteiger partial charge in [0.15, 0.2) is 0 Å². The molecular weight excluding hydrogens is 410 g/mol. The van der Waals surface area contributed by atoms with Gasteiger partial charge < -0.3 is 4.90 Å². The van der Waals surface area contributed by atoms with Crippen LogP contribution >= 0.6 is 11.6 Å². The minimum absolute atomic E-state index is 0.00341. The van der Waals surface area contributed by atoms with Crippen LogP contribution in [0.25, 0.3) is 0 Å². The molecule has 1 spiro atoms. The summed E-state index contributed by atoms with van der Waals surface area (Å²) in [5.74, 6) is -0.00341. The molecule has 0 radical (unpaired) electrons. The van der Waals surface area contributed by atoms with Crippen molar-refractivity contribution in [3.63, 3.8) is 0 Å². The number of aromatic nitrogens is 1. The lowest BCUT2D eigenvalue weighted by Crippen LogP contribution is -2.50. The molecule has 1 aromatic carbocycles. The number of anilines is 1. The Balaban J connectivity index is 1.64. The van der Waals surface area contributed by atoms with Gasteiger partial charge >= 0.3 is 0 Å². The van der Waals surface area contributed by atoms with E-state index in [0.29, 0.717) is 42.9 Å². The lowest BCUT2D eigenvalue weighted by molar-refractivity contribution is -0.127. The van der Waals surface area contributed by atoms with Crippen molar-refractivity contribution < 1.29 is 13.2 Å². The molecule has 8 heteroatoms. The van der Waals surface area contributed by atoms with E-state index in [1.807, 2.05) is 13.0 Å². The minimum atomic E-state index is -3.73. The van der Waals surface area contributed by atoms with Crippen LogP contribution in [0.15, 0.2) is 41.6 Å². The number of aryl methyl sites for hydroxylation is 1. The molecule has 2 aromatic rings. The Labute approximate surface area is 176 Å². The van der Waals surface area contributed by atoms with Gasteiger partial charge in [-0.2, -0.15) is 4.31 Å². The van der Waals surface area contributed by atoms with Crippen LogP contribution in [-0.4, -0.2) is 43.2 Å². The molecule has 1 aromatic heterocycles. The summed E-state index contributed by atoms with van der Waals surface area (Å²) in [7, 11) is -3.73. The number of nitrogens with zero attached hydrogens (tertiary/aromatic N) is 3. The number of halogens is 1. The summed E-state index contributed by atoms with van der Waals surface area (Å²) in [5, 5.41) is 0.424. The van der Waals surface area contributed by atoms with Crippen LogP contribution in [0.4, 0.5) is 5.69 Å². The zero-order valence-electron chi connectivity index (χ0n) is 16.6. The van der Waals surface area contributed by atoms with Crippen molar-refractivity contribution in [3.8, 4) is 0 Å². The van der Waals surface area contributed by atoms with Crippen molar-refractivity contribution in [2.75, 3.05) is 24.5 Å². The molecule has 0 N–H and O–H groups in total. The molecule has 0 saturated carbocycles. The summed E-state index contributed by atoms with van der Waals surface area (Å²) in [6.07, 6.45) is 5.41. The van der Waals surface area contributed by atoms with Gasteiger partial charge in [0.25, 0.3) is 0 Å². The van der Waals surface area contributed by atoms with Crippen LogP contribution in [0, 0.1) is 19.3 Å². The highest BCUT2D eigenvalue weighted by Gasteiger charge is 2.51. The predicted octanol–water partition coefficient (Wildman–Crippen LogP) is 3.56. The van der Waals surface area contributed by atoms with E-state index in [1.165, 1.54) is 4.31 Å². The number of carbonyl (C=O) groups excluding carboxylic acids is 1. The van der Waals surface area contributed by atoms with Crippen LogP contribution < -0.4 is 4.90 Å². The third kappa shape index (κ3) is 3.35. The van der Waals surface area contributed by atoms with E-state index < -0.39 is 15.4 Å². The van der Waals surface area contributed by atoms with Gasteiger partial charge in [0.05, 0.1) is 22.2 Å². The van der Waals surface area contributed by atoms with E-state index in [-0.39, 0.29) is 17.3 Å². The van der Waals surface area contributed by atoms with E-state index >= 15 is 0 Å². The van der Waals surface area contributed by atoms with E-state index in [1.54, 1.807) is 42.4 Å². The summed E-state index contributed by atoms with van der Waals surface area (Å²) >= 11 is 6.15. The molecule has 2 aliphatic rings. The summed E-state index contributed by atoms with van der Waals surface area (Å²) < 4.78 is 28.2. The van der Waals surface area contributed by atoms with Gasteiger partial charge in [-0.25, -0.2) is 8.42 Å². The van der Waals surface area contributed by atoms with Crippen LogP contribution in [0.3, 0.4) is 0 Å². The number of pyridine rings is 1. The number of rotatable bonds is 3. The SMILES string of the molecule is Cc1ccncc1N1CCC2(CCCN(S(=O)(=O)c3cccc(Cl)c3C)C2)C1=O. The highest BCUT2D eigenvalue weighted by atomic mass is 35.5. The quantitative estimate of drug-likeness (QED) is 0.742. The molecule has 1 unspecified atom stereocenters. The third-order valence-corrected chi connectivity index (χ3v) is 8.59. The van der Waals surface area contributed by atoms with Gasteiger partial charge in [0, 0.05) is 30.9 Å². The van der Waals surface area contributed by atoms with Crippen LogP contribution in [-0.2, 0) is 14.8 Å². The maximum atomic E-state index is 13.4. The van der Waals surface area contributed by atoms with E-state index in [0.717, 1.165) is 11.3 Å². The lowest BCUT2D eigenvalue weighted by atomic mass is 9.79. The zero-order chi connectivity index (χ0) is 20.8. The van der Waals surface area contributed by atoms with Crippen molar-refractivity contribution in [2.24, 2.45) is 5.41 Å². The number of carbonyl (C=O) groups is 1. The maximum Gasteiger partial charge on any atom is 0.243 e. The van der Waals surface area contributed by atoms with Gasteiger partial charge in [-0.3, -0.25) is 9.78 Å². The second-order valence-electron chi connectivity index (χ2n) is 7.95. The highest BCUT2D eigenvalue weighted by Crippen LogP contribution is 2.43. The molecule has 6 nitrogen and oxygen atoms in total. The van der Waals surface area contributed by atoms with Crippen LogP contribution in [0.5, 0.6) is 0 Å². The Bertz CT molecular complexity index is 1070. The zero-order valence-corrected chi connectivity index (χ0v) is 18.1. The number of piperidine rings is 1. The molecule has 2 aliphatic heterocycles. The molecule has 29 heavy (non-hydrogen) atoms. The monoisotopic (exact) mass is 433 g/mol. The Morgan fingerprint density at radius 3 is 2.69 bits per heavy atom. The topological polar surface area (TPSA) is 70.6 Å². The summed E-state index contributed by atoms with van der Waals surface area (Å²) in [6, 6.07) is 6.80. The largest absolute Gasteiger partial charge is 0.310 e. The van der Waals surface area contributed by atoms with E-state index in [4.69, 9.17) is 11.6 Å². The fraction of sp³-hybridized carbons (Fsp3) is 0.429. The van der Waals surface area contributed by atoms with Gasteiger partial charge in [-0.15, -0.1) is 0 Å². The molecule has 0 aliphatic carbocycles. The molecular formula is C21H24ClN3O3S. The van der Waals surface area contributed by atoms with E-state index in [2.05, 4.69) is 4.98 Å². The Morgan fingerprint density at radius 2 is 1.93 bits per heavy atom. The number of hydrogen-bond donors (Lipinski definition) is 0. The summed E-state index contributed by atoms with van der Waals surface area (Å²) in [5.41, 5.74) is 1.65. The smallest absolute Gasteiger partial charge is 0.243 e. The Morgan fingerprint density at radius 1 is 1.14 bits per heavy atom. The minimum Gasteiger partial charge on any atom is -0.310 e. The van der Waals surface area contributed by atoms with Gasteiger partial charge in [0.2, 0.25) is 15.9 Å². The van der Waals surface area contributed by atoms with Crippen molar-refractivity contribution in [3.05, 3.63) is 52.8 Å². The Kier molecular flexibility index (Phi) is 5.17. The molecule has 2 fully saturated rings. The molecule has 3 heterocycles. The normalized spacial score (nSPS) is 23.1. The van der Waals surface area contributed by atoms with Crippen molar-refractivity contribution >= 4 is 33.2 Å². The second-order valence-corrected chi connectivity index (χ2v) is 10.3. The van der Waals surface area contributed by atoms with Crippen molar-refractivity contribution in [1.29, 1.82) is 0 Å². The first kappa shape index (κ1) is 20.3. The summed E-state index contributed by atoms with van der Waals surface area (Å²) in [4.78, 5) is 19.6.